The lowest BCUT2D eigenvalue weighted by Crippen LogP contribution is -2.67. The minimum Gasteiger partial charge on any atom is -0.497 e. The SMILES string of the molecule is COc1ccc(C23CN(C(=O)OC(C)(C)C)CC(CO)(C2)C3)cc1. The van der Waals surface area contributed by atoms with E-state index in [0.717, 1.165) is 18.6 Å². The van der Waals surface area contributed by atoms with Crippen molar-refractivity contribution < 1.29 is 19.4 Å². The van der Waals surface area contributed by atoms with E-state index in [9.17, 15) is 9.90 Å². The first kappa shape index (κ1) is 17.1. The third-order valence-corrected chi connectivity index (χ3v) is 5.14. The first-order chi connectivity index (χ1) is 11.2. The van der Waals surface area contributed by atoms with Crippen LogP contribution < -0.4 is 4.74 Å². The molecule has 5 heteroatoms. The first-order valence-corrected chi connectivity index (χ1v) is 8.44. The lowest BCUT2D eigenvalue weighted by Gasteiger charge is -2.63. The topological polar surface area (TPSA) is 59.0 Å². The molecule has 0 unspecified atom stereocenters. The van der Waals surface area contributed by atoms with Gasteiger partial charge in [-0.25, -0.2) is 4.79 Å². The van der Waals surface area contributed by atoms with Crippen molar-refractivity contribution in [1.82, 2.24) is 4.90 Å². The minimum absolute atomic E-state index is 0.0931. The van der Waals surface area contributed by atoms with Gasteiger partial charge in [-0.3, -0.25) is 0 Å². The zero-order chi connectivity index (χ0) is 17.6. The molecule has 0 radical (unpaired) electrons. The van der Waals surface area contributed by atoms with Gasteiger partial charge in [0, 0.05) is 23.9 Å². The number of fused-ring (bicyclic) bond motifs is 2. The predicted octanol–water partition coefficient (Wildman–Crippen LogP) is 2.96. The summed E-state index contributed by atoms with van der Waals surface area (Å²) in [7, 11) is 1.65. The maximum atomic E-state index is 12.5. The standard InChI is InChI=1S/C19H27NO4/c1-17(2,3)24-16(22)20-11-18(13-21)9-19(10-18,12-20)14-5-7-15(23-4)8-6-14/h5-8,21H,9-13H2,1-4H3. The molecule has 2 heterocycles. The highest BCUT2D eigenvalue weighted by molar-refractivity contribution is 5.69. The van der Waals surface area contributed by atoms with Crippen LogP contribution in [0, 0.1) is 5.41 Å². The van der Waals surface area contributed by atoms with Crippen LogP contribution in [-0.4, -0.2) is 48.5 Å². The van der Waals surface area contributed by atoms with Gasteiger partial charge in [0.25, 0.3) is 0 Å². The molecule has 1 aliphatic carbocycles. The Kier molecular flexibility index (Phi) is 4.03. The molecule has 24 heavy (non-hydrogen) atoms. The molecule has 2 bridgehead atoms. The molecule has 5 nitrogen and oxygen atoms in total. The Morgan fingerprint density at radius 2 is 1.83 bits per heavy atom. The van der Waals surface area contributed by atoms with E-state index >= 15 is 0 Å². The van der Waals surface area contributed by atoms with Crippen LogP contribution in [0.1, 0.15) is 39.2 Å². The van der Waals surface area contributed by atoms with E-state index in [1.165, 1.54) is 5.56 Å². The summed E-state index contributed by atoms with van der Waals surface area (Å²) < 4.78 is 10.8. The molecule has 4 rings (SSSR count). The number of benzene rings is 1. The molecule has 1 saturated carbocycles. The summed E-state index contributed by atoms with van der Waals surface area (Å²) in [6, 6.07) is 8.04. The number of nitrogens with zero attached hydrogens (tertiary/aromatic N) is 1. The van der Waals surface area contributed by atoms with E-state index in [0.29, 0.717) is 13.1 Å². The third-order valence-electron chi connectivity index (χ3n) is 5.14. The number of methoxy groups -OCH3 is 1. The van der Waals surface area contributed by atoms with Crippen molar-refractivity contribution in [3.63, 3.8) is 0 Å². The van der Waals surface area contributed by atoms with Gasteiger partial charge in [-0.05, 0) is 51.3 Å². The van der Waals surface area contributed by atoms with Crippen LogP contribution in [0.15, 0.2) is 24.3 Å². The van der Waals surface area contributed by atoms with Crippen LogP contribution in [0.2, 0.25) is 0 Å². The quantitative estimate of drug-likeness (QED) is 0.924. The Balaban J connectivity index is 1.83. The van der Waals surface area contributed by atoms with Crippen LogP contribution in [0.25, 0.3) is 0 Å². The lowest BCUT2D eigenvalue weighted by molar-refractivity contribution is -0.112. The second kappa shape index (κ2) is 5.66. The van der Waals surface area contributed by atoms with Gasteiger partial charge >= 0.3 is 6.09 Å². The Labute approximate surface area is 143 Å². The summed E-state index contributed by atoms with van der Waals surface area (Å²) in [4.78, 5) is 14.3. The van der Waals surface area contributed by atoms with Gasteiger partial charge in [0.05, 0.1) is 13.7 Å². The van der Waals surface area contributed by atoms with Gasteiger partial charge in [0.1, 0.15) is 11.4 Å². The molecular weight excluding hydrogens is 306 g/mol. The zero-order valence-electron chi connectivity index (χ0n) is 15.0. The summed E-state index contributed by atoms with van der Waals surface area (Å²) in [5.41, 5.74) is 0.387. The third kappa shape index (κ3) is 2.97. The predicted molar refractivity (Wildman–Crippen MR) is 91.2 cm³/mol. The number of rotatable bonds is 3. The maximum Gasteiger partial charge on any atom is 0.410 e. The molecule has 3 fully saturated rings. The fourth-order valence-electron chi connectivity index (χ4n) is 4.29. The maximum absolute atomic E-state index is 12.5. The van der Waals surface area contributed by atoms with Crippen LogP contribution in [-0.2, 0) is 10.2 Å². The molecule has 0 aromatic heterocycles. The molecular formula is C19H27NO4. The molecule has 132 valence electrons. The summed E-state index contributed by atoms with van der Waals surface area (Å²) in [6.45, 7) is 6.92. The van der Waals surface area contributed by atoms with Crippen molar-refractivity contribution >= 4 is 6.09 Å². The van der Waals surface area contributed by atoms with Crippen molar-refractivity contribution in [3.05, 3.63) is 29.8 Å². The van der Waals surface area contributed by atoms with E-state index < -0.39 is 5.60 Å². The highest BCUT2D eigenvalue weighted by atomic mass is 16.6. The Morgan fingerprint density at radius 1 is 1.21 bits per heavy atom. The zero-order valence-corrected chi connectivity index (χ0v) is 15.0. The molecule has 2 saturated heterocycles. The summed E-state index contributed by atoms with van der Waals surface area (Å²) >= 11 is 0. The van der Waals surface area contributed by atoms with Gasteiger partial charge < -0.3 is 19.5 Å². The monoisotopic (exact) mass is 333 g/mol. The normalized spacial score (nSPS) is 29.0. The Bertz CT molecular complexity index is 611. The summed E-state index contributed by atoms with van der Waals surface area (Å²) in [5, 5.41) is 9.87. The van der Waals surface area contributed by atoms with Gasteiger partial charge in [-0.1, -0.05) is 12.1 Å². The summed E-state index contributed by atoms with van der Waals surface area (Å²) in [6.07, 6.45) is 1.52. The Hall–Kier alpha value is -1.75. The number of carbonyl (C=O) groups is 1. The number of aliphatic hydroxyl groups is 1. The van der Waals surface area contributed by atoms with E-state index in [-0.39, 0.29) is 23.5 Å². The number of hydrogen-bond donors (Lipinski definition) is 1. The number of amides is 1. The average molecular weight is 333 g/mol. The number of piperidine rings is 2. The fourth-order valence-corrected chi connectivity index (χ4v) is 4.29. The van der Waals surface area contributed by atoms with Crippen molar-refractivity contribution in [2.75, 3.05) is 26.8 Å². The average Bonchev–Trinajstić information content (AvgIpc) is 2.52. The second-order valence-electron chi connectivity index (χ2n) is 8.36. The van der Waals surface area contributed by atoms with Crippen LogP contribution >= 0.6 is 0 Å². The highest BCUT2D eigenvalue weighted by Crippen LogP contribution is 2.59. The minimum atomic E-state index is -0.516. The lowest BCUT2D eigenvalue weighted by atomic mass is 9.48. The highest BCUT2D eigenvalue weighted by Gasteiger charge is 2.61. The number of ether oxygens (including phenoxy) is 2. The van der Waals surface area contributed by atoms with Crippen molar-refractivity contribution in [2.24, 2.45) is 5.41 Å². The van der Waals surface area contributed by atoms with E-state index in [4.69, 9.17) is 9.47 Å². The van der Waals surface area contributed by atoms with Crippen LogP contribution in [0.5, 0.6) is 5.75 Å². The van der Waals surface area contributed by atoms with E-state index in [1.807, 2.05) is 32.9 Å². The van der Waals surface area contributed by atoms with Crippen molar-refractivity contribution in [2.45, 2.75) is 44.6 Å². The van der Waals surface area contributed by atoms with Crippen LogP contribution in [0.3, 0.4) is 0 Å². The molecule has 0 spiro atoms. The van der Waals surface area contributed by atoms with Gasteiger partial charge in [-0.15, -0.1) is 0 Å². The number of aliphatic hydroxyl groups excluding tert-OH is 1. The number of hydrogen-bond acceptors (Lipinski definition) is 4. The van der Waals surface area contributed by atoms with E-state index in [2.05, 4.69) is 12.1 Å². The largest absolute Gasteiger partial charge is 0.497 e. The molecule has 1 amide bonds. The molecule has 1 N–H and O–H groups in total. The molecule has 1 aromatic carbocycles. The molecule has 0 atom stereocenters. The van der Waals surface area contributed by atoms with Crippen molar-refractivity contribution in [3.8, 4) is 5.75 Å². The van der Waals surface area contributed by atoms with Gasteiger partial charge in [0.15, 0.2) is 0 Å². The molecule has 1 aromatic rings. The van der Waals surface area contributed by atoms with Gasteiger partial charge in [-0.2, -0.15) is 0 Å². The van der Waals surface area contributed by atoms with Crippen LogP contribution in [0.4, 0.5) is 4.79 Å². The molecule has 3 aliphatic rings. The van der Waals surface area contributed by atoms with Crippen molar-refractivity contribution in [1.29, 1.82) is 0 Å². The van der Waals surface area contributed by atoms with E-state index in [1.54, 1.807) is 12.0 Å². The second-order valence-corrected chi connectivity index (χ2v) is 8.36. The molecule has 2 aliphatic heterocycles. The summed E-state index contributed by atoms with van der Waals surface area (Å²) in [5.74, 6) is 0.822. The van der Waals surface area contributed by atoms with Gasteiger partial charge in [0.2, 0.25) is 0 Å². The Morgan fingerprint density at radius 3 is 2.33 bits per heavy atom. The first-order valence-electron chi connectivity index (χ1n) is 8.44. The number of carbonyl (C=O) groups excluding carboxylic acids is 1. The fraction of sp³-hybridized carbons (Fsp3) is 0.632. The smallest absolute Gasteiger partial charge is 0.410 e.